The lowest BCUT2D eigenvalue weighted by Crippen LogP contribution is -2.29. The van der Waals surface area contributed by atoms with Crippen LogP contribution in [0.2, 0.25) is 5.02 Å². The first kappa shape index (κ1) is 14.4. The van der Waals surface area contributed by atoms with Crippen LogP contribution in [0.4, 0.5) is 5.69 Å². The van der Waals surface area contributed by atoms with Crippen molar-refractivity contribution in [2.45, 2.75) is 12.8 Å². The first-order valence-electron chi connectivity index (χ1n) is 6.67. The summed E-state index contributed by atoms with van der Waals surface area (Å²) < 4.78 is 0. The van der Waals surface area contributed by atoms with E-state index in [1.54, 1.807) is 37.3 Å². The molecule has 1 atom stereocenters. The normalized spacial score (nSPS) is 16.9. The smallest absolute Gasteiger partial charge is 0.334 e. The van der Waals surface area contributed by atoms with E-state index in [-0.39, 0.29) is 11.1 Å². The van der Waals surface area contributed by atoms with Crippen molar-refractivity contribution in [3.05, 3.63) is 74.3 Å². The molecule has 22 heavy (non-hydrogen) atoms. The van der Waals surface area contributed by atoms with Gasteiger partial charge in [-0.3, -0.25) is 4.79 Å². The average Bonchev–Trinajstić information content (AvgIpc) is 2.46. The number of benzene rings is 1. The van der Waals surface area contributed by atoms with E-state index in [0.29, 0.717) is 27.5 Å². The van der Waals surface area contributed by atoms with Gasteiger partial charge in [0.2, 0.25) is 0 Å². The molecule has 3 rings (SSSR count). The van der Waals surface area contributed by atoms with Gasteiger partial charge in [0.1, 0.15) is 0 Å². The van der Waals surface area contributed by atoms with Crippen molar-refractivity contribution < 1.29 is 9.90 Å². The van der Waals surface area contributed by atoms with Gasteiger partial charge in [0.25, 0.3) is 5.56 Å². The van der Waals surface area contributed by atoms with Gasteiger partial charge in [0.15, 0.2) is 0 Å². The lowest BCUT2D eigenvalue weighted by atomic mass is 9.81. The fraction of sp³-hybridized carbons (Fsp3) is 0.125. The first-order valence-corrected chi connectivity index (χ1v) is 7.05. The maximum atomic E-state index is 12.3. The predicted octanol–water partition coefficient (Wildman–Crippen LogP) is 2.94. The second kappa shape index (κ2) is 5.35. The van der Waals surface area contributed by atoms with E-state index in [2.05, 4.69) is 10.3 Å². The quantitative estimate of drug-likeness (QED) is 0.795. The zero-order chi connectivity index (χ0) is 15.9. The Hall–Kier alpha value is -2.53. The van der Waals surface area contributed by atoms with Crippen molar-refractivity contribution in [3.8, 4) is 0 Å². The molecule has 112 valence electrons. The summed E-state index contributed by atoms with van der Waals surface area (Å²) >= 11 is 6.25. The number of fused-ring (bicyclic) bond motifs is 1. The van der Waals surface area contributed by atoms with Crippen LogP contribution in [0.1, 0.15) is 24.0 Å². The summed E-state index contributed by atoms with van der Waals surface area (Å²) in [6.07, 6.45) is 1.52. The molecule has 0 amide bonds. The highest BCUT2D eigenvalue weighted by Gasteiger charge is 2.35. The number of hydrogen-bond donors (Lipinski definition) is 3. The largest absolute Gasteiger partial charge is 0.478 e. The highest BCUT2D eigenvalue weighted by molar-refractivity contribution is 6.31. The van der Waals surface area contributed by atoms with E-state index < -0.39 is 11.9 Å². The van der Waals surface area contributed by atoms with Crippen LogP contribution in [-0.4, -0.2) is 16.1 Å². The van der Waals surface area contributed by atoms with Crippen molar-refractivity contribution in [1.29, 1.82) is 0 Å². The number of carbonyl (C=O) groups is 1. The monoisotopic (exact) mass is 316 g/mol. The lowest BCUT2D eigenvalue weighted by Gasteiger charge is -2.28. The van der Waals surface area contributed by atoms with Gasteiger partial charge in [0, 0.05) is 22.6 Å². The number of aromatic nitrogens is 1. The summed E-state index contributed by atoms with van der Waals surface area (Å²) in [5.41, 5.74) is 1.84. The molecule has 1 aromatic heterocycles. The van der Waals surface area contributed by atoms with Gasteiger partial charge in [-0.1, -0.05) is 29.8 Å². The number of hydrogen-bond acceptors (Lipinski definition) is 3. The Morgan fingerprint density at radius 3 is 2.68 bits per heavy atom. The van der Waals surface area contributed by atoms with Crippen molar-refractivity contribution in [2.75, 3.05) is 5.32 Å². The molecule has 0 spiro atoms. The summed E-state index contributed by atoms with van der Waals surface area (Å²) in [4.78, 5) is 26.6. The summed E-state index contributed by atoms with van der Waals surface area (Å²) in [6.45, 7) is 1.68. The zero-order valence-corrected chi connectivity index (χ0v) is 12.4. The van der Waals surface area contributed by atoms with Gasteiger partial charge in [-0.05, 0) is 24.6 Å². The van der Waals surface area contributed by atoms with Gasteiger partial charge >= 0.3 is 5.97 Å². The lowest BCUT2D eigenvalue weighted by molar-refractivity contribution is -0.132. The van der Waals surface area contributed by atoms with Gasteiger partial charge in [-0.2, -0.15) is 0 Å². The summed E-state index contributed by atoms with van der Waals surface area (Å²) in [6, 6.07) is 8.67. The van der Waals surface area contributed by atoms with Crippen molar-refractivity contribution in [1.82, 2.24) is 4.98 Å². The molecule has 5 nitrogen and oxygen atoms in total. The molecule has 1 unspecified atom stereocenters. The highest BCUT2D eigenvalue weighted by Crippen LogP contribution is 2.41. The third-order valence-electron chi connectivity index (χ3n) is 3.75. The molecule has 0 saturated carbocycles. The van der Waals surface area contributed by atoms with E-state index in [1.807, 2.05) is 0 Å². The molecule has 0 aliphatic carbocycles. The molecular weight excluding hydrogens is 304 g/mol. The number of rotatable bonds is 2. The average molecular weight is 317 g/mol. The Kier molecular flexibility index (Phi) is 3.50. The third-order valence-corrected chi connectivity index (χ3v) is 4.09. The minimum Gasteiger partial charge on any atom is -0.478 e. The Morgan fingerprint density at radius 1 is 1.27 bits per heavy atom. The van der Waals surface area contributed by atoms with Gasteiger partial charge in [-0.25, -0.2) is 4.79 Å². The van der Waals surface area contributed by atoms with Gasteiger partial charge in [0.05, 0.1) is 17.1 Å². The number of H-pyrrole nitrogens is 1. The van der Waals surface area contributed by atoms with Crippen LogP contribution in [0.15, 0.2) is 52.6 Å². The minimum absolute atomic E-state index is 0.122. The van der Waals surface area contributed by atoms with E-state index in [4.69, 9.17) is 11.6 Å². The number of nitrogens with one attached hydrogen (secondary N) is 2. The molecule has 2 heterocycles. The van der Waals surface area contributed by atoms with Crippen LogP contribution in [0, 0.1) is 0 Å². The third kappa shape index (κ3) is 2.19. The van der Waals surface area contributed by atoms with Crippen LogP contribution in [0.5, 0.6) is 0 Å². The molecule has 1 aromatic carbocycles. The van der Waals surface area contributed by atoms with Crippen LogP contribution in [-0.2, 0) is 4.79 Å². The molecule has 6 heteroatoms. The molecule has 0 saturated heterocycles. The van der Waals surface area contributed by atoms with Crippen LogP contribution in [0.3, 0.4) is 0 Å². The fourth-order valence-corrected chi connectivity index (χ4v) is 3.07. The minimum atomic E-state index is -1.08. The Balaban J connectivity index is 2.35. The van der Waals surface area contributed by atoms with Crippen LogP contribution in [0.25, 0.3) is 0 Å². The zero-order valence-electron chi connectivity index (χ0n) is 11.7. The molecule has 3 N–H and O–H groups in total. The molecule has 0 radical (unpaired) electrons. The van der Waals surface area contributed by atoms with Gasteiger partial charge < -0.3 is 15.4 Å². The van der Waals surface area contributed by atoms with Crippen molar-refractivity contribution in [3.63, 3.8) is 0 Å². The highest BCUT2D eigenvalue weighted by atomic mass is 35.5. The predicted molar refractivity (Wildman–Crippen MR) is 84.3 cm³/mol. The van der Waals surface area contributed by atoms with E-state index in [0.717, 1.165) is 0 Å². The molecule has 0 bridgehead atoms. The van der Waals surface area contributed by atoms with E-state index >= 15 is 0 Å². The maximum Gasteiger partial charge on any atom is 0.334 e. The number of carboxylic acid groups (broad SMARTS) is 1. The standard InChI is InChI=1S/C16H13ClN2O3/c1-8-12(16(21)22)13(9-4-2-3-5-10(9)17)14-11(19-8)6-7-18-15(14)20/h2-7,13,19H,1H3,(H,18,20)(H,21,22). The number of pyridine rings is 1. The number of anilines is 1. The summed E-state index contributed by atoms with van der Waals surface area (Å²) in [5, 5.41) is 13.0. The number of aromatic amines is 1. The molecule has 2 aromatic rings. The van der Waals surface area contributed by atoms with Crippen molar-refractivity contribution >= 4 is 23.3 Å². The number of allylic oxidation sites excluding steroid dienone is 1. The summed E-state index contributed by atoms with van der Waals surface area (Å²) in [7, 11) is 0. The molecule has 0 fully saturated rings. The van der Waals surface area contributed by atoms with Crippen LogP contribution >= 0.6 is 11.6 Å². The fourth-order valence-electron chi connectivity index (χ4n) is 2.82. The molecule has 1 aliphatic rings. The first-order chi connectivity index (χ1) is 10.5. The summed E-state index contributed by atoms with van der Waals surface area (Å²) in [5.74, 6) is -1.80. The van der Waals surface area contributed by atoms with Gasteiger partial charge in [-0.15, -0.1) is 0 Å². The number of halogens is 1. The van der Waals surface area contributed by atoms with E-state index in [1.165, 1.54) is 6.20 Å². The molecular formula is C16H13ClN2O3. The Labute approximate surface area is 131 Å². The Bertz CT molecular complexity index is 854. The number of aliphatic carboxylic acids is 1. The second-order valence-electron chi connectivity index (χ2n) is 5.06. The topological polar surface area (TPSA) is 82.2 Å². The number of carboxylic acids is 1. The van der Waals surface area contributed by atoms with Crippen LogP contribution < -0.4 is 10.9 Å². The van der Waals surface area contributed by atoms with E-state index in [9.17, 15) is 14.7 Å². The Morgan fingerprint density at radius 2 is 2.00 bits per heavy atom. The molecule has 1 aliphatic heterocycles. The SMILES string of the molecule is CC1=C(C(=O)O)C(c2ccccc2Cl)c2c(cc[nH]c2=O)N1. The second-order valence-corrected chi connectivity index (χ2v) is 5.46. The maximum absolute atomic E-state index is 12.3. The van der Waals surface area contributed by atoms with Crippen molar-refractivity contribution in [2.24, 2.45) is 0 Å².